The van der Waals surface area contributed by atoms with Crippen LogP contribution < -0.4 is 10.1 Å². The first-order valence-electron chi connectivity index (χ1n) is 7.42. The molecule has 0 saturated carbocycles. The fraction of sp³-hybridized carbons (Fsp3) is 0.167. The van der Waals surface area contributed by atoms with Crippen molar-refractivity contribution >= 4 is 50.1 Å². The van der Waals surface area contributed by atoms with Gasteiger partial charge in [0.25, 0.3) is 5.91 Å². The lowest BCUT2D eigenvalue weighted by molar-refractivity contribution is 0.0997. The van der Waals surface area contributed by atoms with E-state index >= 15 is 0 Å². The Morgan fingerprint density at radius 3 is 2.88 bits per heavy atom. The van der Waals surface area contributed by atoms with Gasteiger partial charge in [-0.05, 0) is 44.2 Å². The number of benzene rings is 2. The van der Waals surface area contributed by atoms with Crippen LogP contribution >= 0.6 is 27.5 Å². The molecule has 0 radical (unpaired) electrons. The number of hydrogen-bond donors (Lipinski definition) is 1. The molecule has 1 amide bonds. The monoisotopic (exact) mass is 407 g/mol. The molecule has 124 valence electrons. The minimum atomic E-state index is -0.344. The summed E-state index contributed by atoms with van der Waals surface area (Å²) in [5.41, 5.74) is 1.95. The van der Waals surface area contributed by atoms with Crippen molar-refractivity contribution in [1.29, 1.82) is 0 Å². The zero-order chi connectivity index (χ0) is 17.3. The molecule has 4 nitrogen and oxygen atoms in total. The van der Waals surface area contributed by atoms with Gasteiger partial charge in [0.1, 0.15) is 5.58 Å². The molecule has 2 aromatic carbocycles. The number of hydrogen-bond acceptors (Lipinski definition) is 3. The molecule has 0 atom stereocenters. The van der Waals surface area contributed by atoms with Crippen LogP contribution in [0.25, 0.3) is 11.0 Å². The molecule has 0 bridgehead atoms. The third-order valence-electron chi connectivity index (χ3n) is 3.61. The molecule has 0 fully saturated rings. The summed E-state index contributed by atoms with van der Waals surface area (Å²) in [5, 5.41) is 4.15. The number of nitrogens with one attached hydrogen (secondary N) is 1. The standard InChI is InChI=1S/C18H15BrClNO3/c1-3-23-17-13(20)5-4-6-14(17)21-18(22)16-10(2)12-9-11(19)7-8-15(12)24-16/h4-9H,3H2,1-2H3,(H,21,22). The lowest BCUT2D eigenvalue weighted by atomic mass is 10.1. The first-order chi connectivity index (χ1) is 11.5. The second kappa shape index (κ2) is 6.87. The largest absolute Gasteiger partial charge is 0.490 e. The number of anilines is 1. The zero-order valence-electron chi connectivity index (χ0n) is 13.2. The lowest BCUT2D eigenvalue weighted by Gasteiger charge is -2.12. The second-order valence-corrected chi connectivity index (χ2v) is 6.52. The molecule has 1 N–H and O–H groups in total. The highest BCUT2D eigenvalue weighted by molar-refractivity contribution is 9.10. The molecular weight excluding hydrogens is 394 g/mol. The van der Waals surface area contributed by atoms with Gasteiger partial charge in [0.15, 0.2) is 11.5 Å². The average molecular weight is 409 g/mol. The van der Waals surface area contributed by atoms with Crippen molar-refractivity contribution in [3.8, 4) is 5.75 Å². The van der Waals surface area contributed by atoms with Crippen LogP contribution in [0.15, 0.2) is 45.3 Å². The maximum atomic E-state index is 12.6. The van der Waals surface area contributed by atoms with Crippen molar-refractivity contribution in [3.63, 3.8) is 0 Å². The van der Waals surface area contributed by atoms with Crippen LogP contribution in [0.5, 0.6) is 5.75 Å². The maximum Gasteiger partial charge on any atom is 0.291 e. The number of furan rings is 1. The maximum absolute atomic E-state index is 12.6. The van der Waals surface area contributed by atoms with E-state index in [0.29, 0.717) is 28.6 Å². The number of carbonyl (C=O) groups excluding carboxylic acids is 1. The summed E-state index contributed by atoms with van der Waals surface area (Å²) in [7, 11) is 0. The third-order valence-corrected chi connectivity index (χ3v) is 4.40. The number of para-hydroxylation sites is 1. The van der Waals surface area contributed by atoms with Gasteiger partial charge in [0.2, 0.25) is 0 Å². The van der Waals surface area contributed by atoms with Crippen LogP contribution in [0.3, 0.4) is 0 Å². The number of ether oxygens (including phenoxy) is 1. The Hall–Kier alpha value is -1.98. The minimum Gasteiger partial charge on any atom is -0.490 e. The molecule has 1 heterocycles. The minimum absolute atomic E-state index is 0.269. The van der Waals surface area contributed by atoms with E-state index in [1.54, 1.807) is 18.2 Å². The van der Waals surface area contributed by atoms with Gasteiger partial charge in [-0.25, -0.2) is 0 Å². The molecule has 3 aromatic rings. The Morgan fingerprint density at radius 2 is 2.12 bits per heavy atom. The van der Waals surface area contributed by atoms with Gasteiger partial charge in [-0.1, -0.05) is 33.6 Å². The SMILES string of the molecule is CCOc1c(Cl)cccc1NC(=O)c1oc2ccc(Br)cc2c1C. The molecular formula is C18H15BrClNO3. The quantitative estimate of drug-likeness (QED) is 0.593. The van der Waals surface area contributed by atoms with E-state index in [9.17, 15) is 4.79 Å². The fourth-order valence-electron chi connectivity index (χ4n) is 2.49. The molecule has 24 heavy (non-hydrogen) atoms. The van der Waals surface area contributed by atoms with Crippen molar-refractivity contribution in [3.05, 3.63) is 57.2 Å². The number of carbonyl (C=O) groups is 1. The van der Waals surface area contributed by atoms with Crippen molar-refractivity contribution in [1.82, 2.24) is 0 Å². The Bertz CT molecular complexity index is 920. The van der Waals surface area contributed by atoms with Crippen molar-refractivity contribution in [2.45, 2.75) is 13.8 Å². The molecule has 0 aliphatic carbocycles. The first-order valence-corrected chi connectivity index (χ1v) is 8.59. The van der Waals surface area contributed by atoms with Gasteiger partial charge in [-0.3, -0.25) is 4.79 Å². The van der Waals surface area contributed by atoms with Crippen LogP contribution in [0.4, 0.5) is 5.69 Å². The van der Waals surface area contributed by atoms with E-state index in [1.807, 2.05) is 32.0 Å². The fourth-order valence-corrected chi connectivity index (χ4v) is 3.08. The second-order valence-electron chi connectivity index (χ2n) is 5.20. The van der Waals surface area contributed by atoms with Crippen LogP contribution in [0.2, 0.25) is 5.02 Å². The van der Waals surface area contributed by atoms with Crippen molar-refractivity contribution in [2.75, 3.05) is 11.9 Å². The Kier molecular flexibility index (Phi) is 4.83. The highest BCUT2D eigenvalue weighted by Gasteiger charge is 2.20. The molecule has 0 unspecified atom stereocenters. The molecule has 6 heteroatoms. The highest BCUT2D eigenvalue weighted by Crippen LogP contribution is 2.34. The van der Waals surface area contributed by atoms with Gasteiger partial charge >= 0.3 is 0 Å². The van der Waals surface area contributed by atoms with Crippen LogP contribution in [0.1, 0.15) is 23.0 Å². The normalized spacial score (nSPS) is 10.8. The van der Waals surface area contributed by atoms with Crippen LogP contribution in [-0.2, 0) is 0 Å². The molecule has 0 spiro atoms. The number of aryl methyl sites for hydroxylation is 1. The molecule has 0 aliphatic rings. The van der Waals surface area contributed by atoms with Gasteiger partial charge in [-0.2, -0.15) is 0 Å². The average Bonchev–Trinajstić information content (AvgIpc) is 2.87. The zero-order valence-corrected chi connectivity index (χ0v) is 15.5. The number of amides is 1. The van der Waals surface area contributed by atoms with Gasteiger partial charge in [-0.15, -0.1) is 0 Å². The molecule has 0 aliphatic heterocycles. The van der Waals surface area contributed by atoms with Gasteiger partial charge in [0.05, 0.1) is 17.3 Å². The summed E-state index contributed by atoms with van der Waals surface area (Å²) in [6.07, 6.45) is 0. The van der Waals surface area contributed by atoms with E-state index in [0.717, 1.165) is 15.4 Å². The summed E-state index contributed by atoms with van der Waals surface area (Å²) in [6, 6.07) is 10.8. The van der Waals surface area contributed by atoms with Gasteiger partial charge < -0.3 is 14.5 Å². The molecule has 3 rings (SSSR count). The van der Waals surface area contributed by atoms with E-state index < -0.39 is 0 Å². The summed E-state index contributed by atoms with van der Waals surface area (Å²) in [4.78, 5) is 12.6. The lowest BCUT2D eigenvalue weighted by Crippen LogP contribution is -2.13. The predicted octanol–water partition coefficient (Wildman–Crippen LogP) is 5.81. The number of fused-ring (bicyclic) bond motifs is 1. The van der Waals surface area contributed by atoms with E-state index in [4.69, 9.17) is 20.8 Å². The Balaban J connectivity index is 1.96. The highest BCUT2D eigenvalue weighted by atomic mass is 79.9. The van der Waals surface area contributed by atoms with Crippen LogP contribution in [0, 0.1) is 6.92 Å². The predicted molar refractivity (Wildman–Crippen MR) is 99.2 cm³/mol. The van der Waals surface area contributed by atoms with E-state index in [1.165, 1.54) is 0 Å². The Labute approximate surface area is 152 Å². The Morgan fingerprint density at radius 1 is 1.33 bits per heavy atom. The van der Waals surface area contributed by atoms with E-state index in [2.05, 4.69) is 21.2 Å². The first kappa shape index (κ1) is 16.9. The molecule has 0 saturated heterocycles. The summed E-state index contributed by atoms with van der Waals surface area (Å²) < 4.78 is 12.2. The smallest absolute Gasteiger partial charge is 0.291 e. The number of halogens is 2. The summed E-state index contributed by atoms with van der Waals surface area (Å²) >= 11 is 9.57. The third kappa shape index (κ3) is 3.14. The number of rotatable bonds is 4. The topological polar surface area (TPSA) is 51.5 Å². The summed E-state index contributed by atoms with van der Waals surface area (Å²) in [6.45, 7) is 4.16. The van der Waals surface area contributed by atoms with Crippen molar-refractivity contribution < 1.29 is 13.9 Å². The van der Waals surface area contributed by atoms with Crippen molar-refractivity contribution in [2.24, 2.45) is 0 Å². The summed E-state index contributed by atoms with van der Waals surface area (Å²) in [5.74, 6) is 0.375. The van der Waals surface area contributed by atoms with Crippen LogP contribution in [-0.4, -0.2) is 12.5 Å². The van der Waals surface area contributed by atoms with E-state index in [-0.39, 0.29) is 11.7 Å². The molecule has 1 aromatic heterocycles. The van der Waals surface area contributed by atoms with Gasteiger partial charge in [0, 0.05) is 15.4 Å².